The van der Waals surface area contributed by atoms with Crippen molar-refractivity contribution in [1.82, 2.24) is 19.4 Å². The molecule has 0 radical (unpaired) electrons. The number of nitrogens with zero attached hydrogens (tertiary/aromatic N) is 3. The van der Waals surface area contributed by atoms with Crippen molar-refractivity contribution in [3.05, 3.63) is 34.2 Å². The molecule has 10 nitrogen and oxygen atoms in total. The summed E-state index contributed by atoms with van der Waals surface area (Å²) < 4.78 is 9.09. The molecule has 2 aromatic rings. The Balaban J connectivity index is 1.47. The largest absolute Gasteiger partial charge is 0.465 e. The van der Waals surface area contributed by atoms with E-state index in [0.29, 0.717) is 37.9 Å². The number of imide groups is 1. The highest BCUT2D eigenvalue weighted by atomic mass is 16.5. The van der Waals surface area contributed by atoms with Gasteiger partial charge in [0, 0.05) is 20.1 Å². The maximum absolute atomic E-state index is 13.0. The van der Waals surface area contributed by atoms with Crippen LogP contribution in [0.15, 0.2) is 23.0 Å². The van der Waals surface area contributed by atoms with Crippen LogP contribution < -0.4 is 11.0 Å². The molecular weight excluding hydrogens is 440 g/mol. The number of fused-ring (bicyclic) bond motifs is 1. The lowest BCUT2D eigenvalue weighted by atomic mass is 9.77. The lowest BCUT2D eigenvalue weighted by Gasteiger charge is -2.52. The molecule has 2 N–H and O–H groups in total. The van der Waals surface area contributed by atoms with Crippen LogP contribution in [0.4, 0.5) is 4.79 Å². The van der Waals surface area contributed by atoms with Gasteiger partial charge in [0.1, 0.15) is 6.04 Å². The van der Waals surface area contributed by atoms with Crippen LogP contribution in [0.1, 0.15) is 51.6 Å². The first-order chi connectivity index (χ1) is 16.0. The number of nitrogens with one attached hydrogen (secondary N) is 1. The highest BCUT2D eigenvalue weighted by molar-refractivity contribution is 6.00. The highest BCUT2D eigenvalue weighted by Gasteiger charge is 2.49. The van der Waals surface area contributed by atoms with Crippen molar-refractivity contribution in [2.24, 2.45) is 12.5 Å². The van der Waals surface area contributed by atoms with Gasteiger partial charge in [-0.25, -0.2) is 9.59 Å². The summed E-state index contributed by atoms with van der Waals surface area (Å²) in [4.78, 5) is 49.8. The van der Waals surface area contributed by atoms with Crippen molar-refractivity contribution in [3.8, 4) is 0 Å². The molecule has 3 atom stereocenters. The van der Waals surface area contributed by atoms with Gasteiger partial charge in [-0.3, -0.25) is 28.9 Å². The molecule has 3 heterocycles. The smallest absolute Gasteiger partial charge is 0.407 e. The van der Waals surface area contributed by atoms with E-state index in [2.05, 4.69) is 5.32 Å². The molecule has 2 aliphatic heterocycles. The van der Waals surface area contributed by atoms with E-state index < -0.39 is 18.0 Å². The van der Waals surface area contributed by atoms with Crippen LogP contribution in [0.5, 0.6) is 0 Å². The summed E-state index contributed by atoms with van der Waals surface area (Å²) >= 11 is 0. The first-order valence-electron chi connectivity index (χ1n) is 11.6. The van der Waals surface area contributed by atoms with E-state index >= 15 is 0 Å². The van der Waals surface area contributed by atoms with Gasteiger partial charge >= 0.3 is 11.8 Å². The third kappa shape index (κ3) is 4.22. The van der Waals surface area contributed by atoms with Gasteiger partial charge in [0.15, 0.2) is 0 Å². The molecule has 0 spiro atoms. The van der Waals surface area contributed by atoms with Gasteiger partial charge in [-0.2, -0.15) is 0 Å². The number of carbonyl (C=O) groups excluding carboxylic acids is 2. The van der Waals surface area contributed by atoms with Crippen molar-refractivity contribution in [2.75, 3.05) is 13.2 Å². The van der Waals surface area contributed by atoms with Gasteiger partial charge in [0.05, 0.1) is 29.7 Å². The molecule has 34 heavy (non-hydrogen) atoms. The van der Waals surface area contributed by atoms with Crippen molar-refractivity contribution >= 4 is 28.9 Å². The summed E-state index contributed by atoms with van der Waals surface area (Å²) in [6.45, 7) is 6.88. The summed E-state index contributed by atoms with van der Waals surface area (Å²) in [6.07, 6.45) is 0.812. The minimum Gasteiger partial charge on any atom is -0.465 e. The van der Waals surface area contributed by atoms with E-state index in [9.17, 15) is 24.3 Å². The Morgan fingerprint density at radius 2 is 1.97 bits per heavy atom. The monoisotopic (exact) mass is 472 g/mol. The maximum Gasteiger partial charge on any atom is 0.407 e. The number of rotatable bonds is 6. The number of hydrogen-bond acceptors (Lipinski definition) is 5. The molecule has 1 aromatic carbocycles. The number of hydrogen-bond donors (Lipinski definition) is 2. The van der Waals surface area contributed by atoms with Crippen molar-refractivity contribution in [2.45, 2.75) is 64.6 Å². The fourth-order valence-corrected chi connectivity index (χ4v) is 5.28. The molecule has 1 aromatic heterocycles. The second kappa shape index (κ2) is 8.90. The van der Waals surface area contributed by atoms with Gasteiger partial charge in [-0.05, 0) is 36.3 Å². The lowest BCUT2D eigenvalue weighted by Crippen LogP contribution is -2.67. The minimum absolute atomic E-state index is 0.134. The number of aryl methyl sites for hydroxylation is 2. The molecule has 184 valence electrons. The number of piperidine rings is 1. The Morgan fingerprint density at radius 1 is 1.24 bits per heavy atom. The predicted molar refractivity (Wildman–Crippen MR) is 125 cm³/mol. The summed E-state index contributed by atoms with van der Waals surface area (Å²) in [5.74, 6) is -0.768. The first-order valence-corrected chi connectivity index (χ1v) is 11.6. The van der Waals surface area contributed by atoms with Gasteiger partial charge in [0.2, 0.25) is 11.8 Å². The van der Waals surface area contributed by atoms with Gasteiger partial charge in [0.25, 0.3) is 0 Å². The molecule has 0 saturated carbocycles. The highest BCUT2D eigenvalue weighted by Crippen LogP contribution is 2.36. The van der Waals surface area contributed by atoms with Crippen LogP contribution in [0, 0.1) is 5.41 Å². The number of amides is 3. The van der Waals surface area contributed by atoms with E-state index in [1.807, 2.05) is 39.0 Å². The number of carboxylic acid groups (broad SMARTS) is 1. The average Bonchev–Trinajstić information content (AvgIpc) is 2.96. The third-order valence-electron chi connectivity index (χ3n) is 6.83. The molecule has 0 bridgehead atoms. The fourth-order valence-electron chi connectivity index (χ4n) is 5.28. The molecule has 10 heteroatoms. The first kappa shape index (κ1) is 24.0. The normalized spacial score (nSPS) is 23.2. The molecule has 3 unspecified atom stereocenters. The third-order valence-corrected chi connectivity index (χ3v) is 6.83. The molecule has 4 rings (SSSR count). The van der Waals surface area contributed by atoms with Crippen LogP contribution in [0.3, 0.4) is 0 Å². The van der Waals surface area contributed by atoms with Gasteiger partial charge < -0.3 is 9.84 Å². The topological polar surface area (TPSA) is 123 Å². The number of imidazole rings is 1. The molecule has 3 amide bonds. The summed E-state index contributed by atoms with van der Waals surface area (Å²) in [6, 6.07) is 4.76. The zero-order valence-electron chi connectivity index (χ0n) is 20.0. The SMILES string of the molecule is Cn1c(=O)n(C2CCC(=O)NC2=O)c2cccc(CCCOC3CN(C(=O)O)C3C(C)(C)C)c21. The van der Waals surface area contributed by atoms with E-state index in [4.69, 9.17) is 4.74 Å². The Morgan fingerprint density at radius 3 is 2.62 bits per heavy atom. The van der Waals surface area contributed by atoms with Crippen molar-refractivity contribution < 1.29 is 24.2 Å². The van der Waals surface area contributed by atoms with E-state index in [-0.39, 0.29) is 35.6 Å². The molecular formula is C24H32N4O6. The Labute approximate surface area is 197 Å². The zero-order chi connectivity index (χ0) is 24.8. The number of likely N-dealkylation sites (tertiary alicyclic amines) is 1. The maximum atomic E-state index is 13.0. The molecule has 2 aliphatic rings. The molecule has 2 fully saturated rings. The quantitative estimate of drug-likeness (QED) is 0.490. The van der Waals surface area contributed by atoms with Crippen LogP contribution in [0.25, 0.3) is 11.0 Å². The summed E-state index contributed by atoms with van der Waals surface area (Å²) in [7, 11) is 1.69. The van der Waals surface area contributed by atoms with Crippen LogP contribution in [-0.4, -0.2) is 62.3 Å². The van der Waals surface area contributed by atoms with E-state index in [1.165, 1.54) is 9.47 Å². The van der Waals surface area contributed by atoms with E-state index in [0.717, 1.165) is 11.1 Å². The fraction of sp³-hybridized carbons (Fsp3) is 0.583. The minimum atomic E-state index is -0.923. The van der Waals surface area contributed by atoms with Crippen LogP contribution in [-0.2, 0) is 27.8 Å². The summed E-state index contributed by atoms with van der Waals surface area (Å²) in [5.41, 5.74) is 1.91. The number of aromatic nitrogens is 2. The molecule has 2 saturated heterocycles. The van der Waals surface area contributed by atoms with Gasteiger partial charge in [-0.15, -0.1) is 0 Å². The lowest BCUT2D eigenvalue weighted by molar-refractivity contribution is -0.135. The Hall–Kier alpha value is -3.14. The number of carbonyl (C=O) groups is 3. The second-order valence-electron chi connectivity index (χ2n) is 10.2. The predicted octanol–water partition coefficient (Wildman–Crippen LogP) is 2.04. The van der Waals surface area contributed by atoms with Crippen LogP contribution >= 0.6 is 0 Å². The Kier molecular flexibility index (Phi) is 6.28. The van der Waals surface area contributed by atoms with Crippen LogP contribution in [0.2, 0.25) is 0 Å². The van der Waals surface area contributed by atoms with Crippen molar-refractivity contribution in [3.63, 3.8) is 0 Å². The second-order valence-corrected chi connectivity index (χ2v) is 10.2. The number of benzene rings is 1. The van der Waals surface area contributed by atoms with E-state index in [1.54, 1.807) is 11.6 Å². The zero-order valence-corrected chi connectivity index (χ0v) is 20.0. The number of para-hydroxylation sites is 1. The number of ether oxygens (including phenoxy) is 1. The average molecular weight is 473 g/mol. The molecule has 0 aliphatic carbocycles. The van der Waals surface area contributed by atoms with Gasteiger partial charge in [-0.1, -0.05) is 32.9 Å². The summed E-state index contributed by atoms with van der Waals surface area (Å²) in [5, 5.41) is 11.7. The standard InChI is InChI=1S/C24H32N4O6/c1-24(2,3)20-17(13-27(20)23(32)33)34-12-6-8-14-7-5-9-15-19(14)26(4)22(31)28(15)16-10-11-18(29)25-21(16)30/h5,7,9,16-17,20H,6,8,10-13H2,1-4H3,(H,32,33)(H,25,29,30). The van der Waals surface area contributed by atoms with Crippen molar-refractivity contribution in [1.29, 1.82) is 0 Å². The Bertz CT molecular complexity index is 1190.